The zero-order valence-electron chi connectivity index (χ0n) is 10.3. The second-order valence-corrected chi connectivity index (χ2v) is 5.07. The number of carboxylic acid groups (broad SMARTS) is 1. The number of carboxylic acids is 1. The molecule has 0 fully saturated rings. The van der Waals surface area contributed by atoms with Gasteiger partial charge in [0.25, 0.3) is 0 Å². The molecule has 5 heteroatoms. The average molecular weight is 272 g/mol. The Bertz CT molecular complexity index is 758. The van der Waals surface area contributed by atoms with E-state index >= 15 is 0 Å². The van der Waals surface area contributed by atoms with Gasteiger partial charge in [-0.25, -0.2) is 9.78 Å². The minimum atomic E-state index is -0.896. The molecule has 3 aromatic rings. The number of rotatable bonds is 3. The van der Waals surface area contributed by atoms with E-state index in [4.69, 9.17) is 5.11 Å². The Morgan fingerprint density at radius 3 is 2.95 bits per heavy atom. The number of benzene rings is 1. The molecule has 0 amide bonds. The van der Waals surface area contributed by atoms with Gasteiger partial charge in [-0.2, -0.15) is 0 Å². The predicted octanol–water partition coefficient (Wildman–Crippen LogP) is 3.48. The van der Waals surface area contributed by atoms with Crippen LogP contribution in [-0.2, 0) is 6.54 Å². The zero-order chi connectivity index (χ0) is 13.4. The van der Waals surface area contributed by atoms with Crippen molar-refractivity contribution in [2.75, 3.05) is 0 Å². The minimum Gasteiger partial charge on any atom is -0.477 e. The summed E-state index contributed by atoms with van der Waals surface area (Å²) in [6.07, 6.45) is 0. The number of hydrogen-bond acceptors (Lipinski definition) is 3. The molecule has 0 saturated carbocycles. The standard InChI is InChI=1S/C14H12N2O2S/c1-2-16-11(5-6-12(16)14(17)18)9-3-4-10-13(7-9)19-8-15-10/h3-8H,2H2,1H3,(H,17,18). The third-order valence-corrected chi connectivity index (χ3v) is 3.93. The number of carbonyl (C=O) groups is 1. The van der Waals surface area contributed by atoms with Crippen molar-refractivity contribution in [3.8, 4) is 11.3 Å². The second kappa shape index (κ2) is 4.51. The van der Waals surface area contributed by atoms with Crippen molar-refractivity contribution < 1.29 is 9.90 Å². The van der Waals surface area contributed by atoms with Gasteiger partial charge in [-0.1, -0.05) is 6.07 Å². The smallest absolute Gasteiger partial charge is 0.352 e. The SMILES string of the molecule is CCn1c(C(=O)O)ccc1-c1ccc2ncsc2c1. The summed E-state index contributed by atoms with van der Waals surface area (Å²) in [5.41, 5.74) is 5.06. The molecule has 0 spiro atoms. The first-order valence-corrected chi connectivity index (χ1v) is 6.85. The quantitative estimate of drug-likeness (QED) is 0.794. The third kappa shape index (κ3) is 1.92. The highest BCUT2D eigenvalue weighted by atomic mass is 32.1. The highest BCUT2D eigenvalue weighted by molar-refractivity contribution is 7.16. The van der Waals surface area contributed by atoms with E-state index in [2.05, 4.69) is 11.1 Å². The summed E-state index contributed by atoms with van der Waals surface area (Å²) >= 11 is 1.59. The number of fused-ring (bicyclic) bond motifs is 1. The fourth-order valence-corrected chi connectivity index (χ4v) is 2.98. The Balaban J connectivity index is 2.17. The maximum atomic E-state index is 11.2. The molecule has 96 valence electrons. The minimum absolute atomic E-state index is 0.321. The second-order valence-electron chi connectivity index (χ2n) is 4.19. The van der Waals surface area contributed by atoms with E-state index in [1.54, 1.807) is 17.4 Å². The number of nitrogens with zero attached hydrogens (tertiary/aromatic N) is 2. The van der Waals surface area contributed by atoms with E-state index in [1.165, 1.54) is 0 Å². The van der Waals surface area contributed by atoms with Crippen molar-refractivity contribution in [3.05, 3.63) is 41.5 Å². The van der Waals surface area contributed by atoms with Crippen LogP contribution in [0.25, 0.3) is 21.5 Å². The van der Waals surface area contributed by atoms with Crippen LogP contribution >= 0.6 is 11.3 Å². The van der Waals surface area contributed by atoms with Gasteiger partial charge in [0.05, 0.1) is 15.7 Å². The summed E-state index contributed by atoms with van der Waals surface area (Å²) in [5, 5.41) is 9.17. The predicted molar refractivity (Wildman–Crippen MR) is 75.7 cm³/mol. The van der Waals surface area contributed by atoms with E-state index in [1.807, 2.05) is 35.2 Å². The number of aromatic carboxylic acids is 1. The van der Waals surface area contributed by atoms with Crippen molar-refractivity contribution in [1.29, 1.82) is 0 Å². The molecule has 2 aromatic heterocycles. The van der Waals surface area contributed by atoms with E-state index in [-0.39, 0.29) is 0 Å². The van der Waals surface area contributed by atoms with Crippen LogP contribution in [0.4, 0.5) is 0 Å². The number of hydrogen-bond donors (Lipinski definition) is 1. The normalized spacial score (nSPS) is 11.0. The molecular weight excluding hydrogens is 260 g/mol. The molecular formula is C14H12N2O2S. The maximum absolute atomic E-state index is 11.2. The summed E-state index contributed by atoms with van der Waals surface area (Å²) in [4.78, 5) is 15.4. The van der Waals surface area contributed by atoms with Gasteiger partial charge in [-0.3, -0.25) is 0 Å². The van der Waals surface area contributed by atoms with Crippen LogP contribution in [0.1, 0.15) is 17.4 Å². The Morgan fingerprint density at radius 2 is 2.21 bits per heavy atom. The monoisotopic (exact) mass is 272 g/mol. The fraction of sp³-hybridized carbons (Fsp3) is 0.143. The Hall–Kier alpha value is -2.14. The first-order chi connectivity index (χ1) is 9.20. The molecule has 1 aromatic carbocycles. The van der Waals surface area contributed by atoms with Crippen molar-refractivity contribution in [3.63, 3.8) is 0 Å². The van der Waals surface area contributed by atoms with Crippen molar-refractivity contribution in [1.82, 2.24) is 9.55 Å². The fourth-order valence-electron chi connectivity index (χ4n) is 2.26. The van der Waals surface area contributed by atoms with Crippen LogP contribution in [0.3, 0.4) is 0 Å². The molecule has 0 aliphatic carbocycles. The topological polar surface area (TPSA) is 55.1 Å². The van der Waals surface area contributed by atoms with Crippen LogP contribution in [0, 0.1) is 0 Å². The first kappa shape index (κ1) is 11.9. The van der Waals surface area contributed by atoms with E-state index < -0.39 is 5.97 Å². The molecule has 0 atom stereocenters. The molecule has 0 bridgehead atoms. The van der Waals surface area contributed by atoms with Crippen LogP contribution in [0.5, 0.6) is 0 Å². The first-order valence-electron chi connectivity index (χ1n) is 5.97. The van der Waals surface area contributed by atoms with Gasteiger partial charge in [0.1, 0.15) is 5.69 Å². The Morgan fingerprint density at radius 1 is 1.37 bits per heavy atom. The lowest BCUT2D eigenvalue weighted by Gasteiger charge is -2.09. The molecule has 19 heavy (non-hydrogen) atoms. The summed E-state index contributed by atoms with van der Waals surface area (Å²) in [6, 6.07) is 9.51. The highest BCUT2D eigenvalue weighted by Gasteiger charge is 2.14. The van der Waals surface area contributed by atoms with Gasteiger partial charge in [0, 0.05) is 12.2 Å². The molecule has 0 unspecified atom stereocenters. The Labute approximate surface area is 113 Å². The van der Waals surface area contributed by atoms with Gasteiger partial charge in [0.15, 0.2) is 0 Å². The molecule has 3 rings (SSSR count). The lowest BCUT2D eigenvalue weighted by Crippen LogP contribution is -2.08. The van der Waals surface area contributed by atoms with E-state index in [0.29, 0.717) is 12.2 Å². The van der Waals surface area contributed by atoms with Crippen LogP contribution in [-0.4, -0.2) is 20.6 Å². The molecule has 1 N–H and O–H groups in total. The van der Waals surface area contributed by atoms with Gasteiger partial charge in [0.2, 0.25) is 0 Å². The number of thiazole rings is 1. The average Bonchev–Trinajstić information content (AvgIpc) is 3.03. The van der Waals surface area contributed by atoms with Gasteiger partial charge in [-0.15, -0.1) is 11.3 Å². The zero-order valence-corrected chi connectivity index (χ0v) is 11.1. The van der Waals surface area contributed by atoms with Crippen molar-refractivity contribution >= 4 is 27.5 Å². The summed E-state index contributed by atoms with van der Waals surface area (Å²) in [7, 11) is 0. The lowest BCUT2D eigenvalue weighted by atomic mass is 10.1. The molecule has 0 saturated heterocycles. The highest BCUT2D eigenvalue weighted by Crippen LogP contribution is 2.28. The largest absolute Gasteiger partial charge is 0.477 e. The molecule has 0 radical (unpaired) electrons. The molecule has 2 heterocycles. The van der Waals surface area contributed by atoms with E-state index in [9.17, 15) is 4.79 Å². The van der Waals surface area contributed by atoms with E-state index in [0.717, 1.165) is 21.5 Å². The molecule has 4 nitrogen and oxygen atoms in total. The maximum Gasteiger partial charge on any atom is 0.352 e. The molecule has 0 aliphatic heterocycles. The third-order valence-electron chi connectivity index (χ3n) is 3.14. The number of aromatic nitrogens is 2. The van der Waals surface area contributed by atoms with Crippen LogP contribution in [0.15, 0.2) is 35.8 Å². The van der Waals surface area contributed by atoms with Crippen molar-refractivity contribution in [2.24, 2.45) is 0 Å². The Kier molecular flexibility index (Phi) is 2.83. The summed E-state index contributed by atoms with van der Waals surface area (Å²) in [5.74, 6) is -0.896. The van der Waals surface area contributed by atoms with Crippen LogP contribution < -0.4 is 0 Å². The van der Waals surface area contributed by atoms with Gasteiger partial charge >= 0.3 is 5.97 Å². The lowest BCUT2D eigenvalue weighted by molar-refractivity contribution is 0.0685. The molecule has 0 aliphatic rings. The summed E-state index contributed by atoms with van der Waals surface area (Å²) < 4.78 is 2.92. The van der Waals surface area contributed by atoms with Gasteiger partial charge in [-0.05, 0) is 36.8 Å². The van der Waals surface area contributed by atoms with Gasteiger partial charge < -0.3 is 9.67 Å². The van der Waals surface area contributed by atoms with Crippen molar-refractivity contribution in [2.45, 2.75) is 13.5 Å². The summed E-state index contributed by atoms with van der Waals surface area (Å²) in [6.45, 7) is 2.58. The van der Waals surface area contributed by atoms with Crippen LogP contribution in [0.2, 0.25) is 0 Å².